The van der Waals surface area contributed by atoms with Gasteiger partial charge in [-0.05, 0) is 42.0 Å². The van der Waals surface area contributed by atoms with E-state index in [1.54, 1.807) is 35.7 Å². The molecular weight excluding hydrogens is 454 g/mol. The maximum absolute atomic E-state index is 14.2. The molecule has 0 saturated heterocycles. The van der Waals surface area contributed by atoms with Gasteiger partial charge in [0.2, 0.25) is 5.91 Å². The number of esters is 1. The molecule has 4 rings (SSSR count). The molecule has 0 atom stereocenters. The van der Waals surface area contributed by atoms with Crippen molar-refractivity contribution in [2.75, 3.05) is 4.90 Å². The third-order valence-corrected chi connectivity index (χ3v) is 6.42. The normalized spacial score (nSPS) is 10.7. The van der Waals surface area contributed by atoms with Gasteiger partial charge in [0.05, 0.1) is 11.4 Å². The standard InChI is InChI=1S/C23H16F2N2O3S2/c1-14(28)27(19-5-3-2-4-18(19)25)23-26-17(13-31-23)12-30-22(29)21-11-10-20(32-21)15-6-8-16(24)9-7-15/h2-11,13H,12H2,1H3. The fourth-order valence-electron chi connectivity index (χ4n) is 2.93. The third kappa shape index (κ3) is 4.74. The van der Waals surface area contributed by atoms with Gasteiger partial charge in [-0.2, -0.15) is 0 Å². The van der Waals surface area contributed by atoms with Gasteiger partial charge >= 0.3 is 5.97 Å². The summed E-state index contributed by atoms with van der Waals surface area (Å²) in [7, 11) is 0. The Morgan fingerprint density at radius 3 is 2.50 bits per heavy atom. The molecule has 0 aliphatic rings. The quantitative estimate of drug-likeness (QED) is 0.315. The summed E-state index contributed by atoms with van der Waals surface area (Å²) in [4.78, 5) is 31.3. The van der Waals surface area contributed by atoms with Crippen molar-refractivity contribution in [1.82, 2.24) is 4.98 Å². The molecule has 4 aromatic rings. The largest absolute Gasteiger partial charge is 0.455 e. The lowest BCUT2D eigenvalue weighted by Gasteiger charge is -2.18. The lowest BCUT2D eigenvalue weighted by Crippen LogP contribution is -2.23. The molecule has 2 heterocycles. The monoisotopic (exact) mass is 470 g/mol. The first-order chi connectivity index (χ1) is 15.4. The van der Waals surface area contributed by atoms with Gasteiger partial charge in [0.25, 0.3) is 0 Å². The van der Waals surface area contributed by atoms with E-state index >= 15 is 0 Å². The van der Waals surface area contributed by atoms with Gasteiger partial charge in [-0.3, -0.25) is 9.69 Å². The molecule has 0 unspecified atom stereocenters. The average molecular weight is 471 g/mol. The number of thiazole rings is 1. The first-order valence-corrected chi connectivity index (χ1v) is 11.1. The van der Waals surface area contributed by atoms with Crippen molar-refractivity contribution in [1.29, 1.82) is 0 Å². The van der Waals surface area contributed by atoms with Crippen LogP contribution in [0.4, 0.5) is 19.6 Å². The van der Waals surface area contributed by atoms with Crippen LogP contribution in [0.15, 0.2) is 66.0 Å². The van der Waals surface area contributed by atoms with E-state index in [4.69, 9.17) is 4.74 Å². The van der Waals surface area contributed by atoms with E-state index in [9.17, 15) is 18.4 Å². The van der Waals surface area contributed by atoms with Gasteiger partial charge in [-0.1, -0.05) is 24.3 Å². The number of amides is 1. The number of anilines is 2. The van der Waals surface area contributed by atoms with Crippen LogP contribution in [0.25, 0.3) is 10.4 Å². The maximum Gasteiger partial charge on any atom is 0.348 e. The number of hydrogen-bond acceptors (Lipinski definition) is 6. The Kier molecular flexibility index (Phi) is 6.38. The maximum atomic E-state index is 14.2. The Morgan fingerprint density at radius 2 is 1.78 bits per heavy atom. The van der Waals surface area contributed by atoms with E-state index in [1.165, 1.54) is 53.5 Å². The predicted octanol–water partition coefficient (Wildman–Crippen LogP) is 6.19. The SMILES string of the molecule is CC(=O)N(c1nc(COC(=O)c2ccc(-c3ccc(F)cc3)s2)cs1)c1ccccc1F. The molecule has 0 saturated carbocycles. The first-order valence-electron chi connectivity index (χ1n) is 9.45. The van der Waals surface area contributed by atoms with Crippen molar-refractivity contribution in [3.05, 3.63) is 88.2 Å². The van der Waals surface area contributed by atoms with Crippen molar-refractivity contribution in [3.63, 3.8) is 0 Å². The van der Waals surface area contributed by atoms with Crippen molar-refractivity contribution in [3.8, 4) is 10.4 Å². The van der Waals surface area contributed by atoms with E-state index in [2.05, 4.69) is 4.98 Å². The predicted molar refractivity (Wildman–Crippen MR) is 120 cm³/mol. The summed E-state index contributed by atoms with van der Waals surface area (Å²) in [6.07, 6.45) is 0. The third-order valence-electron chi connectivity index (χ3n) is 4.43. The molecule has 2 aromatic heterocycles. The topological polar surface area (TPSA) is 59.5 Å². The van der Waals surface area contributed by atoms with Crippen LogP contribution in [0.2, 0.25) is 0 Å². The summed E-state index contributed by atoms with van der Waals surface area (Å²) in [5.41, 5.74) is 1.35. The molecule has 0 aliphatic carbocycles. The summed E-state index contributed by atoms with van der Waals surface area (Å²) < 4.78 is 32.6. The minimum absolute atomic E-state index is 0.0951. The number of hydrogen-bond donors (Lipinski definition) is 0. The Balaban J connectivity index is 1.44. The number of aromatic nitrogens is 1. The van der Waals surface area contributed by atoms with E-state index in [1.807, 2.05) is 0 Å². The molecular formula is C23H16F2N2O3S2. The summed E-state index contributed by atoms with van der Waals surface area (Å²) in [5, 5.41) is 1.93. The van der Waals surface area contributed by atoms with Crippen LogP contribution >= 0.6 is 22.7 Å². The molecule has 0 spiro atoms. The highest BCUT2D eigenvalue weighted by Gasteiger charge is 2.21. The number of rotatable bonds is 6. The number of ether oxygens (including phenoxy) is 1. The summed E-state index contributed by atoms with van der Waals surface area (Å²) >= 11 is 2.39. The zero-order valence-electron chi connectivity index (χ0n) is 16.7. The van der Waals surface area contributed by atoms with Crippen LogP contribution in [-0.4, -0.2) is 16.9 Å². The van der Waals surface area contributed by atoms with E-state index in [-0.39, 0.29) is 29.2 Å². The van der Waals surface area contributed by atoms with Crippen molar-refractivity contribution < 1.29 is 23.1 Å². The molecule has 0 radical (unpaired) electrons. The summed E-state index contributed by atoms with van der Waals surface area (Å²) in [6.45, 7) is 1.23. The molecule has 5 nitrogen and oxygen atoms in total. The first kappa shape index (κ1) is 21.8. The molecule has 2 aromatic carbocycles. The van der Waals surface area contributed by atoms with Crippen LogP contribution in [0, 0.1) is 11.6 Å². The Hall–Kier alpha value is -3.43. The van der Waals surface area contributed by atoms with Crippen LogP contribution in [0.5, 0.6) is 0 Å². The average Bonchev–Trinajstić information content (AvgIpc) is 3.44. The number of benzene rings is 2. The smallest absolute Gasteiger partial charge is 0.348 e. The number of carbonyl (C=O) groups excluding carboxylic acids is 2. The highest BCUT2D eigenvalue weighted by Crippen LogP contribution is 2.32. The van der Waals surface area contributed by atoms with E-state index in [0.717, 1.165) is 21.8 Å². The number of carbonyl (C=O) groups is 2. The molecule has 0 N–H and O–H groups in total. The Bertz CT molecular complexity index is 1270. The van der Waals surface area contributed by atoms with Gasteiger partial charge < -0.3 is 4.74 Å². The minimum atomic E-state index is -0.541. The number of halogens is 2. The van der Waals surface area contributed by atoms with Gasteiger partial charge in [0.15, 0.2) is 5.13 Å². The van der Waals surface area contributed by atoms with Crippen LogP contribution < -0.4 is 4.90 Å². The highest BCUT2D eigenvalue weighted by atomic mass is 32.1. The lowest BCUT2D eigenvalue weighted by molar-refractivity contribution is -0.115. The zero-order chi connectivity index (χ0) is 22.7. The highest BCUT2D eigenvalue weighted by molar-refractivity contribution is 7.17. The fraction of sp³-hybridized carbons (Fsp3) is 0.0870. The van der Waals surface area contributed by atoms with Crippen molar-refractivity contribution in [2.45, 2.75) is 13.5 Å². The number of nitrogens with zero attached hydrogens (tertiary/aromatic N) is 2. The molecule has 162 valence electrons. The fourth-order valence-corrected chi connectivity index (χ4v) is 4.70. The molecule has 9 heteroatoms. The summed E-state index contributed by atoms with van der Waals surface area (Å²) in [5.74, 6) is -1.78. The van der Waals surface area contributed by atoms with Crippen LogP contribution in [0.1, 0.15) is 22.3 Å². The summed E-state index contributed by atoms with van der Waals surface area (Å²) in [6, 6.07) is 15.4. The van der Waals surface area contributed by atoms with E-state index in [0.29, 0.717) is 10.6 Å². The number of para-hydroxylation sites is 1. The van der Waals surface area contributed by atoms with Gasteiger partial charge in [0.1, 0.15) is 23.1 Å². The van der Waals surface area contributed by atoms with Gasteiger partial charge in [-0.25, -0.2) is 18.6 Å². The second kappa shape index (κ2) is 9.37. The zero-order valence-corrected chi connectivity index (χ0v) is 18.4. The van der Waals surface area contributed by atoms with Gasteiger partial charge in [0, 0.05) is 17.2 Å². The minimum Gasteiger partial charge on any atom is -0.455 e. The molecule has 0 bridgehead atoms. The van der Waals surface area contributed by atoms with Crippen molar-refractivity contribution >= 4 is 45.4 Å². The molecule has 0 fully saturated rings. The van der Waals surface area contributed by atoms with Gasteiger partial charge in [-0.15, -0.1) is 22.7 Å². The second-order valence-corrected chi connectivity index (χ2v) is 8.59. The molecule has 32 heavy (non-hydrogen) atoms. The second-order valence-electron chi connectivity index (χ2n) is 6.67. The Labute approximate surface area is 190 Å². The number of thiophene rings is 1. The van der Waals surface area contributed by atoms with Crippen molar-refractivity contribution in [2.24, 2.45) is 0 Å². The molecule has 1 amide bonds. The Morgan fingerprint density at radius 1 is 1.03 bits per heavy atom. The van der Waals surface area contributed by atoms with Crippen LogP contribution in [-0.2, 0) is 16.1 Å². The van der Waals surface area contributed by atoms with E-state index < -0.39 is 11.8 Å². The van der Waals surface area contributed by atoms with Crippen LogP contribution in [0.3, 0.4) is 0 Å². The lowest BCUT2D eigenvalue weighted by atomic mass is 10.2. The molecule has 0 aliphatic heterocycles.